The van der Waals surface area contributed by atoms with E-state index in [4.69, 9.17) is 4.74 Å². The van der Waals surface area contributed by atoms with Gasteiger partial charge in [-0.1, -0.05) is 18.2 Å². The second-order valence-electron chi connectivity index (χ2n) is 7.12. The molecule has 0 bridgehead atoms. The summed E-state index contributed by atoms with van der Waals surface area (Å²) in [6, 6.07) is 8.81. The molecule has 0 radical (unpaired) electrons. The standard InChI is InChI=1S/C22H18F3NO3/c23-22(24,25)15-5-7-17-14(8-9-29-20(17)11-15)10-21(28)26-19-3-1-2-13-4-6-16(27)12-18(13)19/h1-3,5,7,10-11H,4,6,8-9,12H2,(H,26,28)/b14-10+. The summed E-state index contributed by atoms with van der Waals surface area (Å²) in [5.74, 6) is -0.136. The fourth-order valence-electron chi connectivity index (χ4n) is 3.72. The molecule has 7 heteroatoms. The number of alkyl halides is 3. The van der Waals surface area contributed by atoms with Crippen LogP contribution in [0.3, 0.4) is 0 Å². The third kappa shape index (κ3) is 4.04. The van der Waals surface area contributed by atoms with Crippen LogP contribution in [0.5, 0.6) is 5.75 Å². The van der Waals surface area contributed by atoms with E-state index >= 15 is 0 Å². The average molecular weight is 401 g/mol. The zero-order valence-corrected chi connectivity index (χ0v) is 15.4. The van der Waals surface area contributed by atoms with Crippen molar-refractivity contribution in [2.45, 2.75) is 31.9 Å². The number of aryl methyl sites for hydroxylation is 1. The van der Waals surface area contributed by atoms with Crippen LogP contribution in [0.1, 0.15) is 35.1 Å². The molecule has 1 aliphatic carbocycles. The molecule has 1 heterocycles. The van der Waals surface area contributed by atoms with Crippen LogP contribution in [0, 0.1) is 0 Å². The van der Waals surface area contributed by atoms with Crippen LogP contribution in [-0.2, 0) is 28.6 Å². The van der Waals surface area contributed by atoms with Crippen LogP contribution in [0.15, 0.2) is 42.5 Å². The second kappa shape index (κ2) is 7.39. The highest BCUT2D eigenvalue weighted by molar-refractivity contribution is 6.05. The van der Waals surface area contributed by atoms with Gasteiger partial charge in [0, 0.05) is 36.6 Å². The third-order valence-electron chi connectivity index (χ3n) is 5.17. The number of carbonyl (C=O) groups is 2. The zero-order valence-electron chi connectivity index (χ0n) is 15.4. The Balaban J connectivity index is 1.59. The molecular weight excluding hydrogens is 383 g/mol. The number of halogens is 3. The van der Waals surface area contributed by atoms with E-state index in [0.717, 1.165) is 23.3 Å². The molecule has 0 saturated carbocycles. The summed E-state index contributed by atoms with van der Waals surface area (Å²) in [5, 5.41) is 2.82. The first-order chi connectivity index (χ1) is 13.8. The second-order valence-corrected chi connectivity index (χ2v) is 7.12. The Morgan fingerprint density at radius 2 is 1.93 bits per heavy atom. The van der Waals surface area contributed by atoms with E-state index in [0.29, 0.717) is 42.5 Å². The van der Waals surface area contributed by atoms with Gasteiger partial charge in [0.2, 0.25) is 5.91 Å². The first-order valence-corrected chi connectivity index (χ1v) is 9.30. The van der Waals surface area contributed by atoms with Gasteiger partial charge in [0.1, 0.15) is 11.5 Å². The predicted octanol–water partition coefficient (Wildman–Crippen LogP) is 4.57. The summed E-state index contributed by atoms with van der Waals surface area (Å²) in [4.78, 5) is 24.4. The Labute approximate surface area is 165 Å². The fraction of sp³-hybridized carbons (Fsp3) is 0.273. The Morgan fingerprint density at radius 1 is 1.10 bits per heavy atom. The van der Waals surface area contributed by atoms with Crippen molar-refractivity contribution in [2.24, 2.45) is 0 Å². The Hall–Kier alpha value is -3.09. The summed E-state index contributed by atoms with van der Waals surface area (Å²) >= 11 is 0. The van der Waals surface area contributed by atoms with Gasteiger partial charge in [0.25, 0.3) is 0 Å². The number of nitrogens with one attached hydrogen (secondary N) is 1. The lowest BCUT2D eigenvalue weighted by molar-refractivity contribution is -0.137. The Bertz CT molecular complexity index is 1020. The molecule has 4 nitrogen and oxygen atoms in total. The van der Waals surface area contributed by atoms with Crippen molar-refractivity contribution in [2.75, 3.05) is 11.9 Å². The maximum absolute atomic E-state index is 12.9. The minimum absolute atomic E-state index is 0.118. The molecular formula is C22H18F3NO3. The number of hydrogen-bond donors (Lipinski definition) is 1. The van der Waals surface area contributed by atoms with E-state index < -0.39 is 11.7 Å². The lowest BCUT2D eigenvalue weighted by atomic mass is 9.89. The van der Waals surface area contributed by atoms with Crippen molar-refractivity contribution in [1.29, 1.82) is 0 Å². The van der Waals surface area contributed by atoms with E-state index in [9.17, 15) is 22.8 Å². The molecule has 1 aliphatic heterocycles. The van der Waals surface area contributed by atoms with Crippen LogP contribution >= 0.6 is 0 Å². The molecule has 4 rings (SSSR count). The van der Waals surface area contributed by atoms with Crippen molar-refractivity contribution in [1.82, 2.24) is 0 Å². The number of fused-ring (bicyclic) bond motifs is 2. The van der Waals surface area contributed by atoms with Crippen LogP contribution in [0.4, 0.5) is 18.9 Å². The normalized spacial score (nSPS) is 17.3. The van der Waals surface area contributed by atoms with Crippen LogP contribution < -0.4 is 10.1 Å². The van der Waals surface area contributed by atoms with Gasteiger partial charge >= 0.3 is 6.18 Å². The first kappa shape index (κ1) is 19.2. The van der Waals surface area contributed by atoms with Gasteiger partial charge in [-0.25, -0.2) is 0 Å². The highest BCUT2D eigenvalue weighted by atomic mass is 19.4. The van der Waals surface area contributed by atoms with Gasteiger partial charge in [0.05, 0.1) is 12.2 Å². The van der Waals surface area contributed by atoms with Gasteiger partial charge < -0.3 is 10.1 Å². The van der Waals surface area contributed by atoms with E-state index in [2.05, 4.69) is 5.32 Å². The highest BCUT2D eigenvalue weighted by Crippen LogP contribution is 2.38. The van der Waals surface area contributed by atoms with Gasteiger partial charge in [0.15, 0.2) is 0 Å². The SMILES string of the molecule is O=C1CCc2cccc(NC(=O)/C=C3\CCOc4cc(C(F)(F)F)ccc43)c2C1. The van der Waals surface area contributed by atoms with Gasteiger partial charge in [-0.05, 0) is 41.3 Å². The molecule has 0 atom stereocenters. The Kier molecular flexibility index (Phi) is 4.90. The quantitative estimate of drug-likeness (QED) is 0.751. The molecule has 2 aliphatic rings. The van der Waals surface area contributed by atoms with Crippen molar-refractivity contribution < 1.29 is 27.5 Å². The lowest BCUT2D eigenvalue weighted by Gasteiger charge is -2.22. The minimum atomic E-state index is -4.46. The summed E-state index contributed by atoms with van der Waals surface area (Å²) in [5.41, 5.74) is 2.77. The number of amides is 1. The number of benzene rings is 2. The van der Waals surface area contributed by atoms with Crippen LogP contribution in [0.2, 0.25) is 0 Å². The Morgan fingerprint density at radius 3 is 2.72 bits per heavy atom. The molecule has 150 valence electrons. The molecule has 0 unspecified atom stereocenters. The molecule has 0 fully saturated rings. The molecule has 2 aromatic carbocycles. The number of ketones is 1. The molecule has 1 amide bonds. The maximum Gasteiger partial charge on any atom is 0.416 e. The van der Waals surface area contributed by atoms with E-state index in [1.807, 2.05) is 12.1 Å². The minimum Gasteiger partial charge on any atom is -0.493 e. The molecule has 0 saturated heterocycles. The highest BCUT2D eigenvalue weighted by Gasteiger charge is 2.32. The van der Waals surface area contributed by atoms with E-state index in [-0.39, 0.29) is 24.0 Å². The van der Waals surface area contributed by atoms with Crippen LogP contribution in [0.25, 0.3) is 5.57 Å². The third-order valence-corrected chi connectivity index (χ3v) is 5.17. The summed E-state index contributed by atoms with van der Waals surface area (Å²) in [6.45, 7) is 0.197. The lowest BCUT2D eigenvalue weighted by Crippen LogP contribution is -2.18. The summed E-state index contributed by atoms with van der Waals surface area (Å²) < 4.78 is 44.1. The largest absolute Gasteiger partial charge is 0.493 e. The number of carbonyl (C=O) groups excluding carboxylic acids is 2. The van der Waals surface area contributed by atoms with Crippen molar-refractivity contribution >= 4 is 23.0 Å². The topological polar surface area (TPSA) is 55.4 Å². The van der Waals surface area contributed by atoms with Gasteiger partial charge in [-0.15, -0.1) is 0 Å². The van der Waals surface area contributed by atoms with Crippen LogP contribution in [-0.4, -0.2) is 18.3 Å². The number of hydrogen-bond acceptors (Lipinski definition) is 3. The van der Waals surface area contributed by atoms with Gasteiger partial charge in [-0.3, -0.25) is 9.59 Å². The number of anilines is 1. The number of rotatable bonds is 2. The predicted molar refractivity (Wildman–Crippen MR) is 102 cm³/mol. The summed E-state index contributed by atoms with van der Waals surface area (Å²) in [7, 11) is 0. The molecule has 29 heavy (non-hydrogen) atoms. The molecule has 0 aromatic heterocycles. The number of Topliss-reactive ketones (excluding diaryl/α,β-unsaturated/α-hetero) is 1. The van der Waals surface area contributed by atoms with E-state index in [1.165, 1.54) is 12.1 Å². The average Bonchev–Trinajstić information content (AvgIpc) is 2.67. The monoisotopic (exact) mass is 401 g/mol. The molecule has 1 N–H and O–H groups in total. The van der Waals surface area contributed by atoms with E-state index in [1.54, 1.807) is 6.07 Å². The summed E-state index contributed by atoms with van der Waals surface area (Å²) in [6.07, 6.45) is -1.20. The van der Waals surface area contributed by atoms with Crippen molar-refractivity contribution in [3.8, 4) is 5.75 Å². The van der Waals surface area contributed by atoms with Gasteiger partial charge in [-0.2, -0.15) is 13.2 Å². The first-order valence-electron chi connectivity index (χ1n) is 9.30. The molecule has 0 spiro atoms. The zero-order chi connectivity index (χ0) is 20.6. The van der Waals surface area contributed by atoms with Crippen molar-refractivity contribution in [3.05, 3.63) is 64.7 Å². The maximum atomic E-state index is 12.9. The molecule has 2 aromatic rings. The van der Waals surface area contributed by atoms with Crippen molar-refractivity contribution in [3.63, 3.8) is 0 Å². The number of ether oxygens (including phenoxy) is 1. The fourth-order valence-corrected chi connectivity index (χ4v) is 3.72. The smallest absolute Gasteiger partial charge is 0.416 e.